The van der Waals surface area contributed by atoms with Crippen molar-refractivity contribution < 1.29 is 9.47 Å². The van der Waals surface area contributed by atoms with Gasteiger partial charge in [0.15, 0.2) is 5.82 Å². The lowest BCUT2D eigenvalue weighted by Gasteiger charge is -2.26. The molecule has 0 radical (unpaired) electrons. The quantitative estimate of drug-likeness (QED) is 0.436. The molecule has 0 aliphatic heterocycles. The zero-order valence-corrected chi connectivity index (χ0v) is 17.9. The molecule has 1 aliphatic rings. The molecule has 4 aromatic rings. The third-order valence-corrected chi connectivity index (χ3v) is 5.68. The normalized spacial score (nSPS) is 13.4. The first-order chi connectivity index (χ1) is 15.1. The van der Waals surface area contributed by atoms with Crippen molar-refractivity contribution in [1.82, 2.24) is 19.5 Å². The van der Waals surface area contributed by atoms with Gasteiger partial charge in [0, 0.05) is 48.5 Å². The van der Waals surface area contributed by atoms with Crippen molar-refractivity contribution in [3.8, 4) is 17.3 Å². The van der Waals surface area contributed by atoms with Crippen molar-refractivity contribution in [3.63, 3.8) is 0 Å². The maximum Gasteiger partial charge on any atom is 0.157 e. The number of hydrogen-bond donors (Lipinski definition) is 0. The van der Waals surface area contributed by atoms with Crippen LogP contribution in [0.1, 0.15) is 18.7 Å². The van der Waals surface area contributed by atoms with Gasteiger partial charge in [0.25, 0.3) is 0 Å². The smallest absolute Gasteiger partial charge is 0.157 e. The summed E-state index contributed by atoms with van der Waals surface area (Å²) in [5.41, 5.74) is 3.82. The van der Waals surface area contributed by atoms with Crippen LogP contribution in [0.3, 0.4) is 0 Å². The van der Waals surface area contributed by atoms with Crippen LogP contribution in [0.2, 0.25) is 0 Å². The third-order valence-electron chi connectivity index (χ3n) is 5.68. The minimum Gasteiger partial charge on any atom is -0.497 e. The summed E-state index contributed by atoms with van der Waals surface area (Å²) in [6.07, 6.45) is 7.97. The van der Waals surface area contributed by atoms with Gasteiger partial charge in [0.2, 0.25) is 0 Å². The number of rotatable bonds is 7. The van der Waals surface area contributed by atoms with Crippen molar-refractivity contribution in [3.05, 3.63) is 60.8 Å². The molecule has 2 aromatic heterocycles. The summed E-state index contributed by atoms with van der Waals surface area (Å²) < 4.78 is 12.9. The Hall–Kier alpha value is -3.61. The molecule has 0 spiro atoms. The average Bonchev–Trinajstić information content (AvgIpc) is 3.53. The van der Waals surface area contributed by atoms with Crippen LogP contribution in [0.15, 0.2) is 55.0 Å². The average molecular weight is 415 g/mol. The second-order valence-electron chi connectivity index (χ2n) is 7.87. The Morgan fingerprint density at radius 3 is 2.39 bits per heavy atom. The van der Waals surface area contributed by atoms with E-state index in [-0.39, 0.29) is 0 Å². The van der Waals surface area contributed by atoms with E-state index in [9.17, 15) is 0 Å². The van der Waals surface area contributed by atoms with E-state index in [0.717, 1.165) is 52.1 Å². The number of ether oxygens (including phenoxy) is 2. The van der Waals surface area contributed by atoms with Gasteiger partial charge in [-0.2, -0.15) is 0 Å². The van der Waals surface area contributed by atoms with E-state index in [1.807, 2.05) is 42.0 Å². The highest BCUT2D eigenvalue weighted by atomic mass is 16.5. The number of nitrogens with zero attached hydrogens (tertiary/aromatic N) is 5. The Morgan fingerprint density at radius 2 is 1.74 bits per heavy atom. The van der Waals surface area contributed by atoms with E-state index < -0.39 is 0 Å². The standard InChI is InChI=1S/C24H25N5O2/c1-16-25-8-9-28(16)24-14-26-22-7-6-18(12-23(22)27-24)29(15-17-4-5-17)19-10-20(30-2)13-21(11-19)31-3/h6-14,17H,4-5,15H2,1-3H3. The van der Waals surface area contributed by atoms with Gasteiger partial charge in [-0.3, -0.25) is 9.55 Å². The fourth-order valence-electron chi connectivity index (χ4n) is 3.76. The van der Waals surface area contributed by atoms with Crippen molar-refractivity contribution >= 4 is 22.4 Å². The first kappa shape index (κ1) is 19.4. The number of benzene rings is 2. The minimum absolute atomic E-state index is 0.693. The van der Waals surface area contributed by atoms with Crippen molar-refractivity contribution in [2.45, 2.75) is 19.8 Å². The van der Waals surface area contributed by atoms with Crippen LogP contribution >= 0.6 is 0 Å². The molecule has 7 heteroatoms. The van der Waals surface area contributed by atoms with Crippen molar-refractivity contribution in [2.75, 3.05) is 25.7 Å². The molecule has 0 N–H and O–H groups in total. The topological polar surface area (TPSA) is 65.3 Å². The number of aryl methyl sites for hydroxylation is 1. The first-order valence-corrected chi connectivity index (χ1v) is 10.4. The van der Waals surface area contributed by atoms with Gasteiger partial charge in [0.1, 0.15) is 17.3 Å². The maximum atomic E-state index is 5.50. The Morgan fingerprint density at radius 1 is 0.968 bits per heavy atom. The zero-order chi connectivity index (χ0) is 21.4. The predicted molar refractivity (Wildman–Crippen MR) is 121 cm³/mol. The Kier molecular flexibility index (Phi) is 4.94. The molecular formula is C24H25N5O2. The largest absolute Gasteiger partial charge is 0.497 e. The van der Waals surface area contributed by atoms with Crippen molar-refractivity contribution in [1.29, 1.82) is 0 Å². The zero-order valence-electron chi connectivity index (χ0n) is 17.9. The SMILES string of the molecule is COc1cc(OC)cc(N(CC2CC2)c2ccc3ncc(-n4ccnc4C)nc3c2)c1. The number of methoxy groups -OCH3 is 2. The van der Waals surface area contributed by atoms with Crippen LogP contribution in [0.25, 0.3) is 16.9 Å². The molecule has 2 heterocycles. The summed E-state index contributed by atoms with van der Waals surface area (Å²) in [6, 6.07) is 12.2. The Bertz CT molecular complexity index is 1210. The van der Waals surface area contributed by atoms with E-state index in [0.29, 0.717) is 5.92 Å². The van der Waals surface area contributed by atoms with Gasteiger partial charge in [-0.15, -0.1) is 0 Å². The summed E-state index contributed by atoms with van der Waals surface area (Å²) in [4.78, 5) is 16.1. The molecule has 7 nitrogen and oxygen atoms in total. The molecule has 1 fully saturated rings. The van der Waals surface area contributed by atoms with Crippen LogP contribution in [0, 0.1) is 12.8 Å². The van der Waals surface area contributed by atoms with Gasteiger partial charge in [-0.25, -0.2) is 9.97 Å². The van der Waals surface area contributed by atoms with E-state index in [4.69, 9.17) is 14.5 Å². The molecule has 0 unspecified atom stereocenters. The summed E-state index contributed by atoms with van der Waals surface area (Å²) in [5, 5.41) is 0. The molecule has 158 valence electrons. The first-order valence-electron chi connectivity index (χ1n) is 10.4. The predicted octanol–water partition coefficient (Wildman–Crippen LogP) is 4.69. The van der Waals surface area contributed by atoms with E-state index in [1.54, 1.807) is 26.6 Å². The van der Waals surface area contributed by atoms with Gasteiger partial charge in [0.05, 0.1) is 31.4 Å². The molecule has 0 saturated heterocycles. The Balaban J connectivity index is 1.59. The Labute approximate surface area is 181 Å². The summed E-state index contributed by atoms with van der Waals surface area (Å²) in [7, 11) is 3.35. The molecule has 0 bridgehead atoms. The molecule has 0 amide bonds. The second-order valence-corrected chi connectivity index (χ2v) is 7.87. The molecule has 31 heavy (non-hydrogen) atoms. The van der Waals surface area contributed by atoms with E-state index >= 15 is 0 Å². The highest BCUT2D eigenvalue weighted by Gasteiger charge is 2.26. The number of fused-ring (bicyclic) bond motifs is 1. The molecule has 1 saturated carbocycles. The van der Waals surface area contributed by atoms with E-state index in [2.05, 4.69) is 27.0 Å². The summed E-state index contributed by atoms with van der Waals surface area (Å²) in [6.45, 7) is 2.89. The van der Waals surface area contributed by atoms with E-state index in [1.165, 1.54) is 12.8 Å². The number of aromatic nitrogens is 4. The molecule has 2 aromatic carbocycles. The lowest BCUT2D eigenvalue weighted by atomic mass is 10.2. The molecule has 5 rings (SSSR count). The van der Waals surface area contributed by atoms with Gasteiger partial charge >= 0.3 is 0 Å². The lowest BCUT2D eigenvalue weighted by molar-refractivity contribution is 0.394. The monoisotopic (exact) mass is 415 g/mol. The van der Waals surface area contributed by atoms with Crippen LogP contribution in [-0.4, -0.2) is 40.3 Å². The van der Waals surface area contributed by atoms with Crippen molar-refractivity contribution in [2.24, 2.45) is 5.92 Å². The van der Waals surface area contributed by atoms with Gasteiger partial charge < -0.3 is 14.4 Å². The lowest BCUT2D eigenvalue weighted by Crippen LogP contribution is -2.20. The third kappa shape index (κ3) is 3.91. The molecule has 1 aliphatic carbocycles. The maximum absolute atomic E-state index is 5.50. The number of anilines is 2. The van der Waals surface area contributed by atoms with Crippen LogP contribution in [-0.2, 0) is 0 Å². The number of imidazole rings is 1. The fourth-order valence-corrected chi connectivity index (χ4v) is 3.76. The van der Waals surface area contributed by atoms with Crippen LogP contribution < -0.4 is 14.4 Å². The molecule has 0 atom stereocenters. The van der Waals surface area contributed by atoms with Gasteiger partial charge in [-0.05, 0) is 43.9 Å². The summed E-state index contributed by atoms with van der Waals surface area (Å²) >= 11 is 0. The van der Waals surface area contributed by atoms with Crippen LogP contribution in [0.4, 0.5) is 11.4 Å². The highest BCUT2D eigenvalue weighted by Crippen LogP contribution is 2.38. The van der Waals surface area contributed by atoms with Gasteiger partial charge in [-0.1, -0.05) is 0 Å². The van der Waals surface area contributed by atoms with Crippen LogP contribution in [0.5, 0.6) is 11.5 Å². The number of hydrogen-bond acceptors (Lipinski definition) is 6. The fraction of sp³-hybridized carbons (Fsp3) is 0.292. The summed E-state index contributed by atoms with van der Waals surface area (Å²) in [5.74, 6) is 3.88. The highest BCUT2D eigenvalue weighted by molar-refractivity contribution is 5.81. The second kappa shape index (κ2) is 7.91. The molecular weight excluding hydrogens is 390 g/mol. The minimum atomic E-state index is 0.693.